The summed E-state index contributed by atoms with van der Waals surface area (Å²) in [6.07, 6.45) is 1.83. The number of carbonyl (C=O) groups is 2. The summed E-state index contributed by atoms with van der Waals surface area (Å²) in [6.45, 7) is 3.02. The Hall–Kier alpha value is -0.900. The first-order chi connectivity index (χ1) is 6.65. The zero-order valence-electron chi connectivity index (χ0n) is 8.78. The second kappa shape index (κ2) is 5.10. The average molecular weight is 199 g/mol. The van der Waals surface area contributed by atoms with Crippen LogP contribution in [0.15, 0.2) is 0 Å². The van der Waals surface area contributed by atoms with Gasteiger partial charge in [0, 0.05) is 0 Å². The zero-order chi connectivity index (χ0) is 10.6. The third kappa shape index (κ3) is 2.80. The molecule has 4 nitrogen and oxygen atoms in total. The maximum Gasteiger partial charge on any atom is 0.313 e. The predicted molar refractivity (Wildman–Crippen MR) is 51.9 cm³/mol. The van der Waals surface area contributed by atoms with E-state index in [1.807, 2.05) is 11.9 Å². The fraction of sp³-hybridized carbons (Fsp3) is 0.800. The number of likely N-dealkylation sites (tertiary alicyclic amines) is 1. The summed E-state index contributed by atoms with van der Waals surface area (Å²) >= 11 is 0. The number of likely N-dealkylation sites (N-methyl/N-ethyl adjacent to an activating group) is 1. The smallest absolute Gasteiger partial charge is 0.313 e. The lowest BCUT2D eigenvalue weighted by molar-refractivity contribution is -0.146. The van der Waals surface area contributed by atoms with Crippen molar-refractivity contribution >= 4 is 11.8 Å². The highest BCUT2D eigenvalue weighted by Gasteiger charge is 2.28. The van der Waals surface area contributed by atoms with E-state index >= 15 is 0 Å². The van der Waals surface area contributed by atoms with Gasteiger partial charge in [0.1, 0.15) is 6.42 Å². The molecule has 1 fully saturated rings. The van der Waals surface area contributed by atoms with Gasteiger partial charge in [-0.05, 0) is 33.4 Å². The van der Waals surface area contributed by atoms with Crippen LogP contribution in [0.3, 0.4) is 0 Å². The molecule has 1 atom stereocenters. The molecule has 4 heteroatoms. The fourth-order valence-corrected chi connectivity index (χ4v) is 1.79. The van der Waals surface area contributed by atoms with Crippen LogP contribution in [0.2, 0.25) is 0 Å². The van der Waals surface area contributed by atoms with Gasteiger partial charge in [-0.25, -0.2) is 0 Å². The Kier molecular flexibility index (Phi) is 4.07. The molecule has 0 radical (unpaired) electrons. The van der Waals surface area contributed by atoms with E-state index in [2.05, 4.69) is 0 Å². The van der Waals surface area contributed by atoms with Crippen molar-refractivity contribution in [2.45, 2.75) is 32.2 Å². The van der Waals surface area contributed by atoms with Gasteiger partial charge in [-0.1, -0.05) is 0 Å². The van der Waals surface area contributed by atoms with Gasteiger partial charge in [-0.15, -0.1) is 0 Å². The van der Waals surface area contributed by atoms with Gasteiger partial charge in [-0.3, -0.25) is 14.5 Å². The van der Waals surface area contributed by atoms with E-state index in [1.54, 1.807) is 6.92 Å². The Morgan fingerprint density at radius 3 is 2.71 bits per heavy atom. The third-order valence-electron chi connectivity index (χ3n) is 2.52. The quantitative estimate of drug-likeness (QED) is 0.491. The van der Waals surface area contributed by atoms with Gasteiger partial charge in [0.25, 0.3) is 0 Å². The second-order valence-corrected chi connectivity index (χ2v) is 3.59. The average Bonchev–Trinajstić information content (AvgIpc) is 2.51. The highest BCUT2D eigenvalue weighted by Crippen LogP contribution is 2.16. The minimum absolute atomic E-state index is 0.0107. The number of esters is 1. The molecule has 0 spiro atoms. The summed E-state index contributed by atoms with van der Waals surface area (Å²) in [5.41, 5.74) is 0. The largest absolute Gasteiger partial charge is 0.466 e. The lowest BCUT2D eigenvalue weighted by Gasteiger charge is -2.17. The van der Waals surface area contributed by atoms with Gasteiger partial charge in [0.2, 0.25) is 0 Å². The summed E-state index contributed by atoms with van der Waals surface area (Å²) in [7, 11) is 1.92. The van der Waals surface area contributed by atoms with Crippen molar-refractivity contribution in [3.8, 4) is 0 Å². The van der Waals surface area contributed by atoms with E-state index in [9.17, 15) is 9.59 Å². The molecule has 0 N–H and O–H groups in total. The summed E-state index contributed by atoms with van der Waals surface area (Å²) < 4.78 is 4.73. The van der Waals surface area contributed by atoms with Crippen molar-refractivity contribution in [1.29, 1.82) is 0 Å². The van der Waals surface area contributed by atoms with Crippen LogP contribution in [0.1, 0.15) is 26.2 Å². The van der Waals surface area contributed by atoms with Crippen molar-refractivity contribution in [3.63, 3.8) is 0 Å². The van der Waals surface area contributed by atoms with Gasteiger partial charge in [-0.2, -0.15) is 0 Å². The van der Waals surface area contributed by atoms with Crippen LogP contribution < -0.4 is 0 Å². The Bertz CT molecular complexity index is 227. The molecule has 0 saturated carbocycles. The van der Waals surface area contributed by atoms with Crippen LogP contribution in [0.25, 0.3) is 0 Å². The van der Waals surface area contributed by atoms with E-state index in [-0.39, 0.29) is 18.2 Å². The van der Waals surface area contributed by atoms with E-state index in [0.717, 1.165) is 19.4 Å². The predicted octanol–water partition coefficient (Wildman–Crippen LogP) is 0.603. The van der Waals surface area contributed by atoms with E-state index in [4.69, 9.17) is 4.74 Å². The highest BCUT2D eigenvalue weighted by atomic mass is 16.5. The van der Waals surface area contributed by atoms with Gasteiger partial charge in [0.15, 0.2) is 5.78 Å². The van der Waals surface area contributed by atoms with Crippen molar-refractivity contribution in [2.75, 3.05) is 20.2 Å². The SMILES string of the molecule is CCOC(=O)CC(=O)C1CCCN1C. The topological polar surface area (TPSA) is 46.6 Å². The van der Waals surface area contributed by atoms with Crippen molar-refractivity contribution in [2.24, 2.45) is 0 Å². The van der Waals surface area contributed by atoms with Crippen molar-refractivity contribution in [1.82, 2.24) is 4.90 Å². The Balaban J connectivity index is 2.37. The molecule has 1 aliphatic rings. The molecule has 1 aliphatic heterocycles. The maximum atomic E-state index is 11.6. The maximum absolute atomic E-state index is 11.6. The van der Waals surface area contributed by atoms with E-state index in [1.165, 1.54) is 0 Å². The summed E-state index contributed by atoms with van der Waals surface area (Å²) in [4.78, 5) is 24.7. The summed E-state index contributed by atoms with van der Waals surface area (Å²) in [5, 5.41) is 0. The molecule has 14 heavy (non-hydrogen) atoms. The number of carbonyl (C=O) groups excluding carboxylic acids is 2. The van der Waals surface area contributed by atoms with Gasteiger partial charge < -0.3 is 4.74 Å². The Labute approximate surface area is 84.2 Å². The standard InChI is InChI=1S/C10H17NO3/c1-3-14-10(13)7-9(12)8-5-4-6-11(8)2/h8H,3-7H2,1-2H3. The molecule has 80 valence electrons. The number of Topliss-reactive ketones (excluding diaryl/α,β-unsaturated/α-hetero) is 1. The van der Waals surface area contributed by atoms with Crippen LogP contribution in [0.4, 0.5) is 0 Å². The number of ketones is 1. The van der Waals surface area contributed by atoms with Gasteiger partial charge in [0.05, 0.1) is 12.6 Å². The third-order valence-corrected chi connectivity index (χ3v) is 2.52. The molecule has 0 aromatic heterocycles. The highest BCUT2D eigenvalue weighted by molar-refractivity contribution is 5.98. The molecule has 1 rings (SSSR count). The lowest BCUT2D eigenvalue weighted by atomic mass is 10.1. The minimum atomic E-state index is -0.405. The lowest BCUT2D eigenvalue weighted by Crippen LogP contribution is -2.34. The molecule has 0 aromatic carbocycles. The van der Waals surface area contributed by atoms with Crippen LogP contribution >= 0.6 is 0 Å². The molecule has 1 unspecified atom stereocenters. The molecule has 0 aliphatic carbocycles. The van der Waals surface area contributed by atoms with E-state index < -0.39 is 5.97 Å². The first-order valence-corrected chi connectivity index (χ1v) is 5.03. The van der Waals surface area contributed by atoms with Crippen molar-refractivity contribution in [3.05, 3.63) is 0 Å². The second-order valence-electron chi connectivity index (χ2n) is 3.59. The number of rotatable bonds is 4. The van der Waals surface area contributed by atoms with Gasteiger partial charge >= 0.3 is 5.97 Å². The number of hydrogen-bond donors (Lipinski definition) is 0. The minimum Gasteiger partial charge on any atom is -0.466 e. The van der Waals surface area contributed by atoms with Crippen LogP contribution in [0, 0.1) is 0 Å². The fourth-order valence-electron chi connectivity index (χ4n) is 1.79. The molecule has 0 bridgehead atoms. The first kappa shape index (κ1) is 11.2. The Morgan fingerprint density at radius 2 is 2.21 bits per heavy atom. The van der Waals surface area contributed by atoms with Crippen LogP contribution in [-0.2, 0) is 14.3 Å². The zero-order valence-corrected chi connectivity index (χ0v) is 8.78. The molecule has 0 amide bonds. The number of nitrogens with zero attached hydrogens (tertiary/aromatic N) is 1. The monoisotopic (exact) mass is 199 g/mol. The summed E-state index contributed by atoms with van der Waals surface area (Å²) in [6, 6.07) is -0.0700. The molecule has 0 aromatic rings. The van der Waals surface area contributed by atoms with Crippen LogP contribution in [0.5, 0.6) is 0 Å². The number of ether oxygens (including phenoxy) is 1. The summed E-state index contributed by atoms with van der Waals surface area (Å²) in [5.74, 6) is -0.416. The van der Waals surface area contributed by atoms with E-state index in [0.29, 0.717) is 6.61 Å². The molecule has 1 saturated heterocycles. The molecule has 1 heterocycles. The van der Waals surface area contributed by atoms with Crippen molar-refractivity contribution < 1.29 is 14.3 Å². The van der Waals surface area contributed by atoms with Crippen LogP contribution in [-0.4, -0.2) is 42.9 Å². The molecular formula is C10H17NO3. The number of hydrogen-bond acceptors (Lipinski definition) is 4. The Morgan fingerprint density at radius 1 is 1.50 bits per heavy atom. The normalized spacial score (nSPS) is 22.3. The first-order valence-electron chi connectivity index (χ1n) is 5.03. The molecular weight excluding hydrogens is 182 g/mol.